The van der Waals surface area contributed by atoms with Gasteiger partial charge < -0.3 is 45.2 Å². The highest BCUT2D eigenvalue weighted by molar-refractivity contribution is 5.87. The fourth-order valence-corrected chi connectivity index (χ4v) is 6.61. The monoisotopic (exact) mass is 791 g/mol. The number of nitrogen functional groups attached to an aromatic ring is 1. The predicted molar refractivity (Wildman–Crippen MR) is 213 cm³/mol. The summed E-state index contributed by atoms with van der Waals surface area (Å²) in [6, 6.07) is 8.32. The third-order valence-electron chi connectivity index (χ3n) is 9.78. The molecule has 5 N–H and O–H groups in total. The SMILES string of the molecule is CCCCCNc1nc(N)nc2ccn(Cc3ccc(CN4CCN(C(=O)CCOCCOCCn5cc(CNC(=O)[C@@H](C)CC(=O)O)nn5)CC4)cc3OC)c12. The van der Waals surface area contributed by atoms with E-state index in [-0.39, 0.29) is 30.7 Å². The van der Waals surface area contributed by atoms with Crippen molar-refractivity contribution in [3.05, 3.63) is 53.5 Å². The number of carboxylic acids is 1. The number of nitrogens with one attached hydrogen (secondary N) is 2. The Hall–Kier alpha value is -5.33. The topological polar surface area (TPSA) is 217 Å². The van der Waals surface area contributed by atoms with E-state index in [0.717, 1.165) is 79.2 Å². The quantitative estimate of drug-likeness (QED) is 0.0751. The number of nitrogens with zero attached hydrogens (tertiary/aromatic N) is 8. The van der Waals surface area contributed by atoms with Crippen LogP contribution >= 0.6 is 0 Å². The second kappa shape index (κ2) is 21.8. The second-order valence-corrected chi connectivity index (χ2v) is 14.2. The van der Waals surface area contributed by atoms with E-state index in [4.69, 9.17) is 25.1 Å². The molecule has 5 rings (SSSR count). The largest absolute Gasteiger partial charge is 0.496 e. The van der Waals surface area contributed by atoms with Crippen molar-refractivity contribution in [3.8, 4) is 5.75 Å². The van der Waals surface area contributed by atoms with Crippen LogP contribution in [0.15, 0.2) is 36.7 Å². The van der Waals surface area contributed by atoms with Gasteiger partial charge in [0.1, 0.15) is 17.0 Å². The smallest absolute Gasteiger partial charge is 0.304 e. The number of anilines is 2. The molecule has 4 heterocycles. The summed E-state index contributed by atoms with van der Waals surface area (Å²) in [6.07, 6.45) is 7.15. The lowest BCUT2D eigenvalue weighted by Gasteiger charge is -2.35. The molecule has 0 radical (unpaired) electrons. The number of hydrogen-bond donors (Lipinski definition) is 4. The minimum atomic E-state index is -1.02. The first kappa shape index (κ1) is 42.8. The van der Waals surface area contributed by atoms with E-state index in [2.05, 4.69) is 65.5 Å². The highest BCUT2D eigenvalue weighted by Gasteiger charge is 2.22. The zero-order valence-corrected chi connectivity index (χ0v) is 33.3. The van der Waals surface area contributed by atoms with Crippen molar-refractivity contribution in [1.82, 2.24) is 44.6 Å². The number of unbranched alkanes of at least 4 members (excludes halogenated alkanes) is 2. The van der Waals surface area contributed by atoms with Crippen LogP contribution in [-0.2, 0) is 50.0 Å². The van der Waals surface area contributed by atoms with Crippen LogP contribution in [0.2, 0.25) is 0 Å². The van der Waals surface area contributed by atoms with Gasteiger partial charge in [-0.2, -0.15) is 4.98 Å². The number of fused-ring (bicyclic) bond motifs is 1. The van der Waals surface area contributed by atoms with Gasteiger partial charge in [-0.3, -0.25) is 19.3 Å². The Bertz CT molecular complexity index is 1910. The molecule has 1 fully saturated rings. The van der Waals surface area contributed by atoms with E-state index in [9.17, 15) is 14.4 Å². The summed E-state index contributed by atoms with van der Waals surface area (Å²) < 4.78 is 20.9. The standard InChI is InChI=1S/C39H57N11O7/c1-4-5-6-11-41-37-36-32(43-39(40)44-37)9-12-49(36)26-30-8-7-29(23-33(30)55-3)25-47-13-15-48(16-14-47)34(51)10-18-56-20-21-57-19-17-50-27-31(45-46-50)24-42-38(54)28(2)22-35(52)53/h7-9,12,23,27-28H,4-6,10-11,13-22,24-26H2,1-3H3,(H,42,54)(H,52,53)(H3,40,41,43,44)/t28-/m0/s1. The first-order chi connectivity index (χ1) is 27.6. The Balaban J connectivity index is 0.963. The molecule has 2 amide bonds. The van der Waals surface area contributed by atoms with E-state index < -0.39 is 11.9 Å². The highest BCUT2D eigenvalue weighted by Crippen LogP contribution is 2.27. The number of methoxy groups -OCH3 is 1. The predicted octanol–water partition coefficient (Wildman–Crippen LogP) is 2.76. The number of aromatic nitrogens is 6. The van der Waals surface area contributed by atoms with Crippen molar-refractivity contribution in [3.63, 3.8) is 0 Å². The van der Waals surface area contributed by atoms with Crippen LogP contribution in [0.25, 0.3) is 11.0 Å². The second-order valence-electron chi connectivity index (χ2n) is 14.2. The van der Waals surface area contributed by atoms with Crippen molar-refractivity contribution in [2.24, 2.45) is 5.92 Å². The molecule has 310 valence electrons. The van der Waals surface area contributed by atoms with Gasteiger partial charge in [0.05, 0.1) is 77.7 Å². The molecular weight excluding hydrogens is 734 g/mol. The average molecular weight is 792 g/mol. The van der Waals surface area contributed by atoms with Crippen molar-refractivity contribution in [2.75, 3.05) is 77.3 Å². The third kappa shape index (κ3) is 13.1. The summed E-state index contributed by atoms with van der Waals surface area (Å²) in [7, 11) is 1.70. The zero-order valence-electron chi connectivity index (χ0n) is 33.3. The van der Waals surface area contributed by atoms with Crippen LogP contribution < -0.4 is 21.1 Å². The van der Waals surface area contributed by atoms with Gasteiger partial charge in [-0.25, -0.2) is 9.67 Å². The number of amides is 2. The Morgan fingerprint density at radius 1 is 1.00 bits per heavy atom. The Morgan fingerprint density at radius 3 is 2.54 bits per heavy atom. The Kier molecular flexibility index (Phi) is 16.4. The number of ether oxygens (including phenoxy) is 3. The zero-order chi connectivity index (χ0) is 40.6. The number of aliphatic carboxylic acids is 1. The molecule has 3 aromatic heterocycles. The molecule has 0 saturated carbocycles. The van der Waals surface area contributed by atoms with Gasteiger partial charge in [0.15, 0.2) is 5.82 Å². The molecule has 57 heavy (non-hydrogen) atoms. The number of piperazine rings is 1. The maximum absolute atomic E-state index is 12.9. The average Bonchev–Trinajstić information content (AvgIpc) is 3.83. The minimum Gasteiger partial charge on any atom is -0.496 e. The molecular formula is C39H57N11O7. The summed E-state index contributed by atoms with van der Waals surface area (Å²) in [5.41, 5.74) is 10.5. The number of hydrogen-bond acceptors (Lipinski definition) is 13. The summed E-state index contributed by atoms with van der Waals surface area (Å²) in [5, 5.41) is 23.0. The molecule has 1 aliphatic heterocycles. The third-order valence-corrected chi connectivity index (χ3v) is 9.78. The van der Waals surface area contributed by atoms with Crippen LogP contribution in [0.4, 0.5) is 11.8 Å². The first-order valence-electron chi connectivity index (χ1n) is 19.7. The summed E-state index contributed by atoms with van der Waals surface area (Å²) in [5.74, 6) is -0.102. The van der Waals surface area contributed by atoms with E-state index in [1.807, 2.05) is 17.2 Å². The normalized spacial score (nSPS) is 13.8. The van der Waals surface area contributed by atoms with Gasteiger partial charge in [0.25, 0.3) is 0 Å². The summed E-state index contributed by atoms with van der Waals surface area (Å²) >= 11 is 0. The van der Waals surface area contributed by atoms with Crippen LogP contribution in [0.5, 0.6) is 5.75 Å². The van der Waals surface area contributed by atoms with E-state index in [1.54, 1.807) is 24.9 Å². The van der Waals surface area contributed by atoms with Crippen molar-refractivity contribution in [2.45, 2.75) is 72.1 Å². The maximum atomic E-state index is 12.9. The van der Waals surface area contributed by atoms with Gasteiger partial charge >= 0.3 is 5.97 Å². The molecule has 1 saturated heterocycles. The minimum absolute atomic E-state index is 0.0843. The number of rotatable bonds is 24. The number of carbonyl (C=O) groups excluding carboxylic acids is 2. The lowest BCUT2D eigenvalue weighted by atomic mass is 10.1. The molecule has 1 atom stereocenters. The Morgan fingerprint density at radius 2 is 1.79 bits per heavy atom. The molecule has 0 spiro atoms. The molecule has 0 unspecified atom stereocenters. The molecule has 18 nitrogen and oxygen atoms in total. The van der Waals surface area contributed by atoms with Crippen molar-refractivity contribution in [1.29, 1.82) is 0 Å². The van der Waals surface area contributed by atoms with E-state index in [1.165, 1.54) is 0 Å². The van der Waals surface area contributed by atoms with Gasteiger partial charge in [-0.1, -0.05) is 44.0 Å². The molecule has 1 aromatic carbocycles. The van der Waals surface area contributed by atoms with Crippen LogP contribution in [0, 0.1) is 5.92 Å². The van der Waals surface area contributed by atoms with Crippen molar-refractivity contribution < 1.29 is 33.7 Å². The highest BCUT2D eigenvalue weighted by atomic mass is 16.5. The molecule has 18 heteroatoms. The number of carboxylic acid groups (broad SMARTS) is 1. The van der Waals surface area contributed by atoms with Crippen LogP contribution in [0.1, 0.15) is 62.8 Å². The fourth-order valence-electron chi connectivity index (χ4n) is 6.61. The molecule has 0 aliphatic carbocycles. The number of benzene rings is 1. The first-order valence-corrected chi connectivity index (χ1v) is 19.7. The number of carbonyl (C=O) groups is 3. The lowest BCUT2D eigenvalue weighted by Crippen LogP contribution is -2.48. The number of nitrogens with two attached hydrogens (primary N) is 1. The van der Waals surface area contributed by atoms with Crippen LogP contribution in [-0.4, -0.2) is 128 Å². The molecule has 1 aliphatic rings. The summed E-state index contributed by atoms with van der Waals surface area (Å²) in [6.45, 7) is 10.9. The van der Waals surface area contributed by atoms with Crippen LogP contribution in [0.3, 0.4) is 0 Å². The fraction of sp³-hybridized carbons (Fsp3) is 0.564. The van der Waals surface area contributed by atoms with E-state index >= 15 is 0 Å². The summed E-state index contributed by atoms with van der Waals surface area (Å²) in [4.78, 5) is 48.8. The molecule has 4 aromatic rings. The van der Waals surface area contributed by atoms with E-state index in [0.29, 0.717) is 64.7 Å². The van der Waals surface area contributed by atoms with Gasteiger partial charge in [-0.05, 0) is 24.1 Å². The van der Waals surface area contributed by atoms with Gasteiger partial charge in [-0.15, -0.1) is 5.10 Å². The Labute approximate surface area is 333 Å². The van der Waals surface area contributed by atoms with Crippen molar-refractivity contribution >= 4 is 40.6 Å². The van der Waals surface area contributed by atoms with Gasteiger partial charge in [0.2, 0.25) is 17.8 Å². The molecule has 0 bridgehead atoms. The van der Waals surface area contributed by atoms with Gasteiger partial charge in [0, 0.05) is 56.9 Å². The lowest BCUT2D eigenvalue weighted by molar-refractivity contribution is -0.140. The maximum Gasteiger partial charge on any atom is 0.304 e.